The third-order valence-electron chi connectivity index (χ3n) is 4.25. The molecule has 1 aliphatic rings. The number of benzene rings is 1. The molecule has 1 aromatic carbocycles. The van der Waals surface area contributed by atoms with Gasteiger partial charge in [-0.15, -0.1) is 0 Å². The predicted octanol–water partition coefficient (Wildman–Crippen LogP) is 3.67. The number of carbonyl (C=O) groups excluding carboxylic acids is 1. The molecule has 2 heterocycles. The Hall–Kier alpha value is -2.54. The number of halogens is 1. The molecule has 0 bridgehead atoms. The summed E-state index contributed by atoms with van der Waals surface area (Å²) in [5.41, 5.74) is 1.19. The maximum absolute atomic E-state index is 12.5. The van der Waals surface area contributed by atoms with Crippen molar-refractivity contribution in [3.8, 4) is 11.4 Å². The Kier molecular flexibility index (Phi) is 4.09. The van der Waals surface area contributed by atoms with E-state index < -0.39 is 5.41 Å². The topological polar surface area (TPSA) is 78.1 Å². The largest absolute Gasteiger partial charge is 0.455 e. The lowest BCUT2D eigenvalue weighted by Gasteiger charge is -2.14. The first kappa shape index (κ1) is 16.0. The molecule has 0 unspecified atom stereocenters. The van der Waals surface area contributed by atoms with Crippen LogP contribution in [-0.2, 0) is 21.6 Å². The van der Waals surface area contributed by atoms with Crippen molar-refractivity contribution in [2.75, 3.05) is 0 Å². The first-order chi connectivity index (χ1) is 12.2. The van der Waals surface area contributed by atoms with Crippen LogP contribution in [0.25, 0.3) is 11.4 Å². The van der Waals surface area contributed by atoms with Gasteiger partial charge in [0.2, 0.25) is 5.82 Å². The summed E-state index contributed by atoms with van der Waals surface area (Å²) in [6.45, 7) is -0.0373. The van der Waals surface area contributed by atoms with E-state index >= 15 is 0 Å². The Labute approximate surface area is 152 Å². The van der Waals surface area contributed by atoms with Crippen LogP contribution in [0.15, 0.2) is 57.8 Å². The zero-order chi connectivity index (χ0) is 17.3. The molecule has 0 spiro atoms. The monoisotopic (exact) mass is 399 g/mol. The molecule has 25 heavy (non-hydrogen) atoms. The predicted molar refractivity (Wildman–Crippen MR) is 92.4 cm³/mol. The third-order valence-corrected chi connectivity index (χ3v) is 4.78. The van der Waals surface area contributed by atoms with Crippen LogP contribution < -0.4 is 0 Å². The van der Waals surface area contributed by atoms with Gasteiger partial charge in [0.05, 0.1) is 5.41 Å². The zero-order valence-corrected chi connectivity index (χ0v) is 14.8. The molecule has 4 rings (SSSR count). The molecule has 2 aromatic heterocycles. The van der Waals surface area contributed by atoms with Gasteiger partial charge in [-0.1, -0.05) is 33.2 Å². The number of ether oxygens (including phenoxy) is 1. The summed E-state index contributed by atoms with van der Waals surface area (Å²) in [7, 11) is 0. The maximum Gasteiger partial charge on any atom is 0.317 e. The highest BCUT2D eigenvalue weighted by molar-refractivity contribution is 9.10. The van der Waals surface area contributed by atoms with Crippen molar-refractivity contribution >= 4 is 21.9 Å². The Balaban J connectivity index is 1.43. The maximum atomic E-state index is 12.5. The SMILES string of the molecule is O=C(OCc1nc(-c2cccnc2)no1)C1(c2ccc(Br)cc2)CC1. The molecule has 7 heteroatoms. The second kappa shape index (κ2) is 6.40. The van der Waals surface area contributed by atoms with Crippen molar-refractivity contribution < 1.29 is 14.1 Å². The Morgan fingerprint density at radius 2 is 2.04 bits per heavy atom. The van der Waals surface area contributed by atoms with Crippen molar-refractivity contribution in [2.45, 2.75) is 24.9 Å². The van der Waals surface area contributed by atoms with Gasteiger partial charge in [-0.2, -0.15) is 4.98 Å². The number of aromatic nitrogens is 3. The van der Waals surface area contributed by atoms with Crippen molar-refractivity contribution in [3.63, 3.8) is 0 Å². The average molecular weight is 400 g/mol. The molecule has 0 radical (unpaired) electrons. The van der Waals surface area contributed by atoms with Crippen LogP contribution in [0.5, 0.6) is 0 Å². The lowest BCUT2D eigenvalue weighted by molar-refractivity contribution is -0.148. The lowest BCUT2D eigenvalue weighted by Crippen LogP contribution is -2.23. The van der Waals surface area contributed by atoms with Crippen molar-refractivity contribution in [3.05, 3.63) is 64.7 Å². The van der Waals surface area contributed by atoms with Crippen molar-refractivity contribution in [1.82, 2.24) is 15.1 Å². The molecule has 0 amide bonds. The standard InChI is InChI=1S/C18H14BrN3O3/c19-14-5-3-13(4-6-14)18(7-8-18)17(23)24-11-15-21-16(22-25-15)12-2-1-9-20-10-12/h1-6,9-10H,7-8,11H2. The number of hydrogen-bond acceptors (Lipinski definition) is 6. The molecular weight excluding hydrogens is 386 g/mol. The van der Waals surface area contributed by atoms with Gasteiger partial charge < -0.3 is 9.26 Å². The minimum absolute atomic E-state index is 0.0373. The Bertz CT molecular complexity index is 889. The van der Waals surface area contributed by atoms with E-state index in [0.29, 0.717) is 5.82 Å². The Morgan fingerprint density at radius 1 is 1.24 bits per heavy atom. The molecule has 126 valence electrons. The van der Waals surface area contributed by atoms with Crippen molar-refractivity contribution in [2.24, 2.45) is 0 Å². The van der Waals surface area contributed by atoms with Gasteiger partial charge in [0.25, 0.3) is 5.89 Å². The molecule has 1 fully saturated rings. The van der Waals surface area contributed by atoms with Crippen LogP contribution in [0.4, 0.5) is 0 Å². The summed E-state index contributed by atoms with van der Waals surface area (Å²) in [4.78, 5) is 20.8. The second-order valence-electron chi connectivity index (χ2n) is 5.92. The van der Waals surface area contributed by atoms with Crippen LogP contribution >= 0.6 is 15.9 Å². The van der Waals surface area contributed by atoms with E-state index in [1.165, 1.54) is 0 Å². The molecule has 6 nitrogen and oxygen atoms in total. The number of rotatable bonds is 5. The van der Waals surface area contributed by atoms with E-state index in [-0.39, 0.29) is 18.5 Å². The smallest absolute Gasteiger partial charge is 0.317 e. The third kappa shape index (κ3) is 3.19. The highest BCUT2D eigenvalue weighted by atomic mass is 79.9. The second-order valence-corrected chi connectivity index (χ2v) is 6.83. The number of hydrogen-bond donors (Lipinski definition) is 0. The number of carbonyl (C=O) groups is 1. The molecule has 1 aliphatic carbocycles. The van der Waals surface area contributed by atoms with E-state index in [9.17, 15) is 4.79 Å². The summed E-state index contributed by atoms with van der Waals surface area (Å²) in [6, 6.07) is 11.4. The quantitative estimate of drug-likeness (QED) is 0.609. The van der Waals surface area contributed by atoms with Gasteiger partial charge in [0, 0.05) is 22.4 Å². The summed E-state index contributed by atoms with van der Waals surface area (Å²) < 4.78 is 11.6. The van der Waals surface area contributed by atoms with Crippen molar-refractivity contribution in [1.29, 1.82) is 0 Å². The van der Waals surface area contributed by atoms with Gasteiger partial charge in [-0.05, 0) is 42.7 Å². The first-order valence-corrected chi connectivity index (χ1v) is 8.63. The van der Waals surface area contributed by atoms with Crippen LogP contribution in [-0.4, -0.2) is 21.1 Å². The van der Waals surface area contributed by atoms with Gasteiger partial charge >= 0.3 is 5.97 Å². The lowest BCUT2D eigenvalue weighted by atomic mass is 9.96. The number of nitrogens with zero attached hydrogens (tertiary/aromatic N) is 3. The molecule has 0 saturated heterocycles. The Morgan fingerprint density at radius 3 is 2.72 bits per heavy atom. The van der Waals surface area contributed by atoms with Crippen LogP contribution in [0.3, 0.4) is 0 Å². The highest BCUT2D eigenvalue weighted by Gasteiger charge is 2.52. The molecule has 3 aromatic rings. The number of pyridine rings is 1. The summed E-state index contributed by atoms with van der Waals surface area (Å²) >= 11 is 3.40. The fourth-order valence-electron chi connectivity index (χ4n) is 2.70. The van der Waals surface area contributed by atoms with Gasteiger partial charge in [-0.3, -0.25) is 9.78 Å². The molecule has 0 atom stereocenters. The number of esters is 1. The normalized spacial score (nSPS) is 14.9. The minimum atomic E-state index is -0.535. The van der Waals surface area contributed by atoms with Crippen LogP contribution in [0.2, 0.25) is 0 Å². The van der Waals surface area contributed by atoms with Crippen LogP contribution in [0.1, 0.15) is 24.3 Å². The van der Waals surface area contributed by atoms with Crippen LogP contribution in [0, 0.1) is 0 Å². The molecular formula is C18H14BrN3O3. The van der Waals surface area contributed by atoms with E-state index in [4.69, 9.17) is 9.26 Å². The summed E-state index contributed by atoms with van der Waals surface area (Å²) in [5, 5.41) is 3.89. The van der Waals surface area contributed by atoms with Gasteiger partial charge in [0.15, 0.2) is 6.61 Å². The first-order valence-electron chi connectivity index (χ1n) is 7.84. The fourth-order valence-corrected chi connectivity index (χ4v) is 2.96. The van der Waals surface area contributed by atoms with Gasteiger partial charge in [-0.25, -0.2) is 0 Å². The summed E-state index contributed by atoms with van der Waals surface area (Å²) in [5.74, 6) is 0.433. The zero-order valence-electron chi connectivity index (χ0n) is 13.2. The van der Waals surface area contributed by atoms with Gasteiger partial charge in [0.1, 0.15) is 0 Å². The average Bonchev–Trinajstić information content (AvgIpc) is 3.32. The highest BCUT2D eigenvalue weighted by Crippen LogP contribution is 2.49. The molecule has 1 saturated carbocycles. The fraction of sp³-hybridized carbons (Fsp3) is 0.222. The minimum Gasteiger partial charge on any atom is -0.455 e. The van der Waals surface area contributed by atoms with E-state index in [0.717, 1.165) is 28.4 Å². The molecule has 0 aliphatic heterocycles. The van der Waals surface area contributed by atoms with E-state index in [1.54, 1.807) is 18.5 Å². The van der Waals surface area contributed by atoms with E-state index in [2.05, 4.69) is 31.1 Å². The summed E-state index contributed by atoms with van der Waals surface area (Å²) in [6.07, 6.45) is 4.90. The van der Waals surface area contributed by atoms with E-state index in [1.807, 2.05) is 30.3 Å². The molecule has 0 N–H and O–H groups in total.